The van der Waals surface area contributed by atoms with Crippen LogP contribution in [0.5, 0.6) is 5.75 Å². The van der Waals surface area contributed by atoms with E-state index in [9.17, 15) is 4.79 Å². The molecule has 2 aromatic carbocycles. The maximum absolute atomic E-state index is 11.1. The van der Waals surface area contributed by atoms with Crippen molar-refractivity contribution in [3.63, 3.8) is 0 Å². The van der Waals surface area contributed by atoms with Gasteiger partial charge in [-0.3, -0.25) is 0 Å². The Morgan fingerprint density at radius 1 is 1.10 bits per heavy atom. The highest BCUT2D eigenvalue weighted by Crippen LogP contribution is 2.54. The maximum Gasteiger partial charge on any atom is 0.407 e. The van der Waals surface area contributed by atoms with Crippen LogP contribution in [0.25, 0.3) is 0 Å². The molecule has 2 fully saturated rings. The molecule has 2 N–H and O–H groups in total. The molecule has 1 spiro atoms. The third-order valence-corrected chi connectivity index (χ3v) is 7.67. The SMILES string of the molecule is O=C(O)N1CCC(Oc2ccc3c(c2)CC2(CCNCC2)[C@H]3Cc2ccccc2)CC1. The molecule has 0 saturated carbocycles. The Kier molecular flexibility index (Phi) is 5.61. The molecule has 2 aromatic rings. The van der Waals surface area contributed by atoms with Crippen LogP contribution in [0.2, 0.25) is 0 Å². The van der Waals surface area contributed by atoms with Crippen molar-refractivity contribution in [2.75, 3.05) is 26.2 Å². The number of ether oxygens (including phenoxy) is 1. The van der Waals surface area contributed by atoms with Crippen LogP contribution >= 0.6 is 0 Å². The number of nitrogens with zero attached hydrogens (tertiary/aromatic N) is 1. The number of benzene rings is 2. The highest BCUT2D eigenvalue weighted by Gasteiger charge is 2.46. The van der Waals surface area contributed by atoms with Crippen molar-refractivity contribution in [1.82, 2.24) is 10.2 Å². The maximum atomic E-state index is 11.1. The summed E-state index contributed by atoms with van der Waals surface area (Å²) in [6, 6.07) is 17.6. The highest BCUT2D eigenvalue weighted by atomic mass is 16.5. The third-order valence-electron chi connectivity index (χ3n) is 7.67. The number of hydrogen-bond donors (Lipinski definition) is 2. The van der Waals surface area contributed by atoms with Gasteiger partial charge in [-0.25, -0.2) is 4.79 Å². The molecule has 2 saturated heterocycles. The first kappa shape index (κ1) is 20.4. The summed E-state index contributed by atoms with van der Waals surface area (Å²) in [5, 5.41) is 12.7. The van der Waals surface area contributed by atoms with Gasteiger partial charge in [0.15, 0.2) is 0 Å². The molecular weight excluding hydrogens is 388 g/mol. The average Bonchev–Trinajstić information content (AvgIpc) is 3.07. The van der Waals surface area contributed by atoms with E-state index < -0.39 is 6.09 Å². The van der Waals surface area contributed by atoms with Crippen molar-refractivity contribution in [3.05, 3.63) is 65.2 Å². The van der Waals surface area contributed by atoms with Gasteiger partial charge in [0.05, 0.1) is 0 Å². The second kappa shape index (κ2) is 8.54. The smallest absolute Gasteiger partial charge is 0.407 e. The second-order valence-electron chi connectivity index (χ2n) is 9.48. The van der Waals surface area contributed by atoms with E-state index in [1.165, 1.54) is 34.4 Å². The minimum absolute atomic E-state index is 0.100. The lowest BCUT2D eigenvalue weighted by atomic mass is 9.67. The summed E-state index contributed by atoms with van der Waals surface area (Å²) >= 11 is 0. The van der Waals surface area contributed by atoms with Gasteiger partial charge in [-0.1, -0.05) is 36.4 Å². The molecule has 0 bridgehead atoms. The van der Waals surface area contributed by atoms with Gasteiger partial charge in [0.1, 0.15) is 11.9 Å². The van der Waals surface area contributed by atoms with Gasteiger partial charge < -0.3 is 20.1 Å². The number of fused-ring (bicyclic) bond motifs is 1. The van der Waals surface area contributed by atoms with Crippen LogP contribution in [0.15, 0.2) is 48.5 Å². The largest absolute Gasteiger partial charge is 0.490 e. The van der Waals surface area contributed by atoms with Gasteiger partial charge in [-0.15, -0.1) is 0 Å². The molecule has 5 heteroatoms. The second-order valence-corrected chi connectivity index (χ2v) is 9.48. The third kappa shape index (κ3) is 4.16. The van der Waals surface area contributed by atoms with Crippen molar-refractivity contribution in [1.29, 1.82) is 0 Å². The Morgan fingerprint density at radius 3 is 2.55 bits per heavy atom. The minimum Gasteiger partial charge on any atom is -0.490 e. The Bertz CT molecular complexity index is 916. The summed E-state index contributed by atoms with van der Waals surface area (Å²) in [7, 11) is 0. The fraction of sp³-hybridized carbons (Fsp3) is 0.500. The highest BCUT2D eigenvalue weighted by molar-refractivity contribution is 5.65. The van der Waals surface area contributed by atoms with E-state index in [4.69, 9.17) is 9.84 Å². The molecule has 3 aliphatic rings. The molecule has 0 aromatic heterocycles. The van der Waals surface area contributed by atoms with Crippen molar-refractivity contribution >= 4 is 6.09 Å². The van der Waals surface area contributed by atoms with Gasteiger partial charge >= 0.3 is 6.09 Å². The molecule has 1 atom stereocenters. The van der Waals surface area contributed by atoms with Gasteiger partial charge in [0.2, 0.25) is 0 Å². The van der Waals surface area contributed by atoms with E-state index in [2.05, 4.69) is 53.8 Å². The van der Waals surface area contributed by atoms with Crippen LogP contribution < -0.4 is 10.1 Å². The van der Waals surface area contributed by atoms with Crippen molar-refractivity contribution in [2.24, 2.45) is 5.41 Å². The lowest BCUT2D eigenvalue weighted by Gasteiger charge is -2.40. The van der Waals surface area contributed by atoms with E-state index in [-0.39, 0.29) is 6.10 Å². The molecule has 164 valence electrons. The molecule has 5 nitrogen and oxygen atoms in total. The minimum atomic E-state index is -0.826. The zero-order chi connectivity index (χ0) is 21.3. The fourth-order valence-corrected chi connectivity index (χ4v) is 5.96. The first-order valence-corrected chi connectivity index (χ1v) is 11.6. The predicted octanol–water partition coefficient (Wildman–Crippen LogP) is 4.46. The van der Waals surface area contributed by atoms with Crippen molar-refractivity contribution in [2.45, 2.75) is 50.5 Å². The van der Waals surface area contributed by atoms with Crippen LogP contribution in [0.3, 0.4) is 0 Å². The van der Waals surface area contributed by atoms with E-state index in [0.717, 1.165) is 44.5 Å². The molecule has 0 unspecified atom stereocenters. The molecule has 2 aliphatic heterocycles. The average molecular weight is 421 g/mol. The Hall–Kier alpha value is -2.53. The first-order chi connectivity index (χ1) is 15.1. The normalized spacial score (nSPS) is 23.0. The quantitative estimate of drug-likeness (QED) is 0.767. The van der Waals surface area contributed by atoms with Gasteiger partial charge in [0, 0.05) is 25.9 Å². The number of hydrogen-bond acceptors (Lipinski definition) is 3. The molecule has 31 heavy (non-hydrogen) atoms. The standard InChI is InChI=1S/C26H32N2O3/c29-25(30)28-14-8-21(9-15-28)31-22-6-7-23-20(17-22)18-26(10-12-27-13-11-26)24(23)16-19-4-2-1-3-5-19/h1-7,17,21,24,27H,8-16,18H2,(H,29,30)/t24-/m0/s1. The lowest BCUT2D eigenvalue weighted by molar-refractivity contribution is 0.0894. The number of carboxylic acid groups (broad SMARTS) is 1. The number of rotatable bonds is 4. The lowest BCUT2D eigenvalue weighted by Crippen LogP contribution is -2.41. The fourth-order valence-electron chi connectivity index (χ4n) is 5.96. The van der Waals surface area contributed by atoms with Gasteiger partial charge in [-0.2, -0.15) is 0 Å². The summed E-state index contributed by atoms with van der Waals surface area (Å²) in [5.41, 5.74) is 4.71. The van der Waals surface area contributed by atoms with E-state index in [0.29, 0.717) is 24.4 Å². The topological polar surface area (TPSA) is 61.8 Å². The summed E-state index contributed by atoms with van der Waals surface area (Å²) in [5.74, 6) is 1.50. The number of nitrogens with one attached hydrogen (secondary N) is 1. The summed E-state index contributed by atoms with van der Waals surface area (Å²) in [4.78, 5) is 12.6. The van der Waals surface area contributed by atoms with Gasteiger partial charge in [-0.05, 0) is 78.9 Å². The van der Waals surface area contributed by atoms with Crippen molar-refractivity contribution < 1.29 is 14.6 Å². The molecule has 5 rings (SSSR count). The molecule has 1 amide bonds. The zero-order valence-corrected chi connectivity index (χ0v) is 18.1. The Morgan fingerprint density at radius 2 is 1.84 bits per heavy atom. The van der Waals surface area contributed by atoms with Crippen LogP contribution in [0.1, 0.15) is 48.3 Å². The zero-order valence-electron chi connectivity index (χ0n) is 18.1. The van der Waals surface area contributed by atoms with Crippen LogP contribution in [-0.2, 0) is 12.8 Å². The van der Waals surface area contributed by atoms with Crippen LogP contribution in [0, 0.1) is 5.41 Å². The molecule has 1 aliphatic carbocycles. The summed E-state index contributed by atoms with van der Waals surface area (Å²) in [6.45, 7) is 3.32. The summed E-state index contributed by atoms with van der Waals surface area (Å²) < 4.78 is 6.31. The summed E-state index contributed by atoms with van der Waals surface area (Å²) in [6.07, 6.45) is 5.48. The first-order valence-electron chi connectivity index (χ1n) is 11.6. The number of likely N-dealkylation sites (tertiary alicyclic amines) is 1. The monoisotopic (exact) mass is 420 g/mol. The molecule has 0 radical (unpaired) electrons. The number of amides is 1. The van der Waals surface area contributed by atoms with Crippen LogP contribution in [-0.4, -0.2) is 48.4 Å². The Labute approximate surface area is 184 Å². The van der Waals surface area contributed by atoms with Gasteiger partial charge in [0.25, 0.3) is 0 Å². The van der Waals surface area contributed by atoms with E-state index in [1.807, 2.05) is 0 Å². The predicted molar refractivity (Wildman–Crippen MR) is 121 cm³/mol. The van der Waals surface area contributed by atoms with E-state index >= 15 is 0 Å². The molecule has 2 heterocycles. The van der Waals surface area contributed by atoms with E-state index in [1.54, 1.807) is 0 Å². The molecular formula is C26H32N2O3. The van der Waals surface area contributed by atoms with Crippen molar-refractivity contribution in [3.8, 4) is 5.75 Å². The Balaban J connectivity index is 1.35. The number of piperidine rings is 2. The number of carbonyl (C=O) groups is 1. The van der Waals surface area contributed by atoms with Crippen LogP contribution in [0.4, 0.5) is 4.79 Å².